The number of imide groups is 1. The molecule has 4 heteroatoms. The first kappa shape index (κ1) is 14.9. The molecule has 1 aliphatic heterocycles. The maximum atomic E-state index is 12.1. The maximum absolute atomic E-state index is 12.1. The second-order valence-corrected chi connectivity index (χ2v) is 6.58. The number of carbonyl (C=O) groups excluding carboxylic acids is 2. The first-order valence-electron chi connectivity index (χ1n) is 8.67. The number of rotatable bonds is 2. The number of benzene rings is 3. The van der Waals surface area contributed by atoms with E-state index in [0.29, 0.717) is 5.69 Å². The normalized spacial score (nSPS) is 14.7. The molecule has 1 saturated heterocycles. The van der Waals surface area contributed by atoms with E-state index < -0.39 is 0 Å². The van der Waals surface area contributed by atoms with Gasteiger partial charge >= 0.3 is 0 Å². The molecule has 0 radical (unpaired) electrons. The van der Waals surface area contributed by atoms with Crippen LogP contribution in [0.1, 0.15) is 12.8 Å². The summed E-state index contributed by atoms with van der Waals surface area (Å²) in [5, 5.41) is 3.25. The number of H-pyrrole nitrogens is 1. The lowest BCUT2D eigenvalue weighted by Crippen LogP contribution is -2.28. The highest BCUT2D eigenvalue weighted by Gasteiger charge is 2.31. The largest absolute Gasteiger partial charge is 0.359 e. The van der Waals surface area contributed by atoms with Crippen LogP contribution in [0, 0.1) is 0 Å². The summed E-state index contributed by atoms with van der Waals surface area (Å²) in [6.07, 6.45) is 2.32. The van der Waals surface area contributed by atoms with E-state index >= 15 is 0 Å². The highest BCUT2D eigenvalue weighted by atomic mass is 16.2. The van der Waals surface area contributed by atoms with Gasteiger partial charge in [-0.2, -0.15) is 0 Å². The molecule has 0 spiro atoms. The third-order valence-electron chi connectivity index (χ3n) is 5.05. The number of aromatic nitrogens is 1. The van der Waals surface area contributed by atoms with E-state index in [0.717, 1.165) is 22.0 Å². The SMILES string of the molecule is O=C1CCC(=O)N1c1c[nH]c2ccc(-c3cccc4ccccc34)cc12. The molecule has 4 nitrogen and oxygen atoms in total. The number of anilines is 1. The molecular weight excluding hydrogens is 324 g/mol. The summed E-state index contributed by atoms with van der Waals surface area (Å²) in [7, 11) is 0. The standard InChI is InChI=1S/C22H16N2O2/c25-21-10-11-22(26)24(21)20-13-23-19-9-8-15(12-18(19)20)17-7-3-5-14-4-1-2-6-16(14)17/h1-9,12-13,23H,10-11H2. The number of amides is 2. The zero-order valence-electron chi connectivity index (χ0n) is 14.0. The van der Waals surface area contributed by atoms with Crippen LogP contribution < -0.4 is 4.90 Å². The Bertz CT molecular complexity index is 1170. The van der Waals surface area contributed by atoms with Gasteiger partial charge in [-0.3, -0.25) is 9.59 Å². The second-order valence-electron chi connectivity index (χ2n) is 6.58. The minimum atomic E-state index is -0.133. The minimum absolute atomic E-state index is 0.133. The number of carbonyl (C=O) groups is 2. The molecule has 0 bridgehead atoms. The van der Waals surface area contributed by atoms with E-state index in [9.17, 15) is 9.59 Å². The molecule has 3 aromatic carbocycles. The van der Waals surface area contributed by atoms with E-state index in [2.05, 4.69) is 41.4 Å². The van der Waals surface area contributed by atoms with Gasteiger partial charge in [0, 0.05) is 29.9 Å². The third kappa shape index (κ3) is 2.15. The Morgan fingerprint density at radius 2 is 1.58 bits per heavy atom. The van der Waals surface area contributed by atoms with Gasteiger partial charge in [-0.1, -0.05) is 48.5 Å². The van der Waals surface area contributed by atoms with E-state index in [1.165, 1.54) is 15.7 Å². The number of hydrogen-bond donors (Lipinski definition) is 1. The molecule has 1 aliphatic rings. The summed E-state index contributed by atoms with van der Waals surface area (Å²) < 4.78 is 0. The lowest BCUT2D eigenvalue weighted by atomic mass is 9.97. The summed E-state index contributed by atoms with van der Waals surface area (Å²) >= 11 is 0. The van der Waals surface area contributed by atoms with Crippen molar-refractivity contribution >= 4 is 39.2 Å². The molecular formula is C22H16N2O2. The summed E-state index contributed by atoms with van der Waals surface area (Å²) in [6.45, 7) is 0. The van der Waals surface area contributed by atoms with Crippen molar-refractivity contribution in [1.29, 1.82) is 0 Å². The molecule has 26 heavy (non-hydrogen) atoms. The number of nitrogens with zero attached hydrogens (tertiary/aromatic N) is 1. The zero-order chi connectivity index (χ0) is 17.7. The zero-order valence-corrected chi connectivity index (χ0v) is 14.0. The van der Waals surface area contributed by atoms with Crippen LogP contribution in [-0.4, -0.2) is 16.8 Å². The van der Waals surface area contributed by atoms with E-state index in [4.69, 9.17) is 0 Å². The molecule has 0 saturated carbocycles. The molecule has 1 fully saturated rings. The predicted molar refractivity (Wildman–Crippen MR) is 103 cm³/mol. The van der Waals surface area contributed by atoms with Crippen molar-refractivity contribution in [3.63, 3.8) is 0 Å². The molecule has 0 aliphatic carbocycles. The lowest BCUT2D eigenvalue weighted by molar-refractivity contribution is -0.121. The Balaban J connectivity index is 1.72. The molecule has 0 atom stereocenters. The highest BCUT2D eigenvalue weighted by Crippen LogP contribution is 2.35. The van der Waals surface area contributed by atoms with Crippen LogP contribution in [0.2, 0.25) is 0 Å². The number of aromatic amines is 1. The summed E-state index contributed by atoms with van der Waals surface area (Å²) in [4.78, 5) is 28.8. The topological polar surface area (TPSA) is 53.2 Å². The molecule has 1 N–H and O–H groups in total. The number of hydrogen-bond acceptors (Lipinski definition) is 2. The van der Waals surface area contributed by atoms with Crippen LogP contribution in [0.3, 0.4) is 0 Å². The van der Waals surface area contributed by atoms with Gasteiger partial charge in [0.25, 0.3) is 0 Å². The van der Waals surface area contributed by atoms with Crippen LogP contribution in [0.25, 0.3) is 32.8 Å². The minimum Gasteiger partial charge on any atom is -0.359 e. The van der Waals surface area contributed by atoms with E-state index in [1.54, 1.807) is 6.20 Å². The van der Waals surface area contributed by atoms with E-state index in [-0.39, 0.29) is 24.7 Å². The van der Waals surface area contributed by atoms with Gasteiger partial charge in [0.1, 0.15) is 0 Å². The van der Waals surface area contributed by atoms with Crippen molar-refractivity contribution in [3.05, 3.63) is 66.9 Å². The molecule has 4 aromatic rings. The van der Waals surface area contributed by atoms with Crippen LogP contribution >= 0.6 is 0 Å². The van der Waals surface area contributed by atoms with Gasteiger partial charge in [-0.15, -0.1) is 0 Å². The Labute approximate surface area is 150 Å². The van der Waals surface area contributed by atoms with Crippen molar-refractivity contribution in [1.82, 2.24) is 4.98 Å². The fraction of sp³-hybridized carbons (Fsp3) is 0.0909. The maximum Gasteiger partial charge on any atom is 0.234 e. The van der Waals surface area contributed by atoms with Gasteiger partial charge in [0.2, 0.25) is 11.8 Å². The average molecular weight is 340 g/mol. The van der Waals surface area contributed by atoms with E-state index in [1.807, 2.05) is 24.3 Å². The molecule has 1 aromatic heterocycles. The Hall–Kier alpha value is -3.40. The van der Waals surface area contributed by atoms with Gasteiger partial charge < -0.3 is 4.98 Å². The van der Waals surface area contributed by atoms with Gasteiger partial charge in [0.05, 0.1) is 5.69 Å². The predicted octanol–water partition coefficient (Wildman–Crippen LogP) is 4.64. The molecule has 5 rings (SSSR count). The Morgan fingerprint density at radius 1 is 0.808 bits per heavy atom. The number of fused-ring (bicyclic) bond motifs is 2. The lowest BCUT2D eigenvalue weighted by Gasteiger charge is -2.13. The molecule has 126 valence electrons. The molecule has 2 amide bonds. The number of nitrogens with one attached hydrogen (secondary N) is 1. The highest BCUT2D eigenvalue weighted by molar-refractivity contribution is 6.23. The molecule has 2 heterocycles. The van der Waals surface area contributed by atoms with Crippen molar-refractivity contribution in [3.8, 4) is 11.1 Å². The van der Waals surface area contributed by atoms with Crippen LogP contribution in [0.4, 0.5) is 5.69 Å². The average Bonchev–Trinajstić information content (AvgIpc) is 3.23. The first-order chi connectivity index (χ1) is 12.7. The van der Waals surface area contributed by atoms with Crippen molar-refractivity contribution in [2.75, 3.05) is 4.90 Å². The summed E-state index contributed by atoms with van der Waals surface area (Å²) in [5.41, 5.74) is 3.76. The van der Waals surface area contributed by atoms with Crippen molar-refractivity contribution in [2.45, 2.75) is 12.8 Å². The van der Waals surface area contributed by atoms with Crippen LogP contribution in [-0.2, 0) is 9.59 Å². The van der Waals surface area contributed by atoms with Crippen LogP contribution in [0.15, 0.2) is 66.9 Å². The van der Waals surface area contributed by atoms with Crippen molar-refractivity contribution < 1.29 is 9.59 Å². The molecule has 0 unspecified atom stereocenters. The first-order valence-corrected chi connectivity index (χ1v) is 8.67. The van der Waals surface area contributed by atoms with Gasteiger partial charge in [0.15, 0.2) is 0 Å². The summed E-state index contributed by atoms with van der Waals surface area (Å²) in [6, 6.07) is 20.6. The fourth-order valence-electron chi connectivity index (χ4n) is 3.78. The Morgan fingerprint density at radius 3 is 2.42 bits per heavy atom. The monoisotopic (exact) mass is 340 g/mol. The quantitative estimate of drug-likeness (QED) is 0.540. The van der Waals surface area contributed by atoms with Gasteiger partial charge in [-0.25, -0.2) is 4.90 Å². The Kier molecular flexibility index (Phi) is 3.19. The fourth-order valence-corrected chi connectivity index (χ4v) is 3.78. The third-order valence-corrected chi connectivity index (χ3v) is 5.05. The van der Waals surface area contributed by atoms with Gasteiger partial charge in [-0.05, 0) is 34.0 Å². The smallest absolute Gasteiger partial charge is 0.234 e. The van der Waals surface area contributed by atoms with Crippen LogP contribution in [0.5, 0.6) is 0 Å². The summed E-state index contributed by atoms with van der Waals surface area (Å²) in [5.74, 6) is -0.266. The second kappa shape index (κ2) is 5.56. The van der Waals surface area contributed by atoms with Crippen molar-refractivity contribution in [2.24, 2.45) is 0 Å².